The summed E-state index contributed by atoms with van der Waals surface area (Å²) < 4.78 is 11.0. The summed E-state index contributed by atoms with van der Waals surface area (Å²) >= 11 is 0. The maximum atomic E-state index is 11.9. The Morgan fingerprint density at radius 1 is 1.35 bits per heavy atom. The number of hydrogen-bond acceptors (Lipinski definition) is 4. The van der Waals surface area contributed by atoms with Gasteiger partial charge >= 0.3 is 0 Å². The van der Waals surface area contributed by atoms with Gasteiger partial charge in [-0.1, -0.05) is 6.07 Å². The van der Waals surface area contributed by atoms with Crippen molar-refractivity contribution in [3.05, 3.63) is 24.3 Å². The summed E-state index contributed by atoms with van der Waals surface area (Å²) in [7, 11) is 5.20. The second-order valence-corrected chi connectivity index (χ2v) is 5.28. The number of nitrogens with zero attached hydrogens (tertiary/aromatic N) is 2. The molecular weight excluding hydrogens is 256 g/mol. The Morgan fingerprint density at radius 2 is 2.00 bits per heavy atom. The summed E-state index contributed by atoms with van der Waals surface area (Å²) in [6.45, 7) is 3.49. The van der Waals surface area contributed by atoms with Crippen LogP contribution in [-0.4, -0.2) is 62.1 Å². The summed E-state index contributed by atoms with van der Waals surface area (Å²) in [5, 5.41) is 0. The number of ether oxygens (including phenoxy) is 2. The van der Waals surface area contributed by atoms with Gasteiger partial charge in [0.05, 0.1) is 13.2 Å². The smallest absolute Gasteiger partial charge is 0.239 e. The predicted octanol–water partition coefficient (Wildman–Crippen LogP) is 1.23. The first-order valence-corrected chi connectivity index (χ1v) is 6.77. The lowest BCUT2D eigenvalue weighted by molar-refractivity contribution is -0.137. The van der Waals surface area contributed by atoms with Gasteiger partial charge < -0.3 is 14.4 Å². The Hall–Kier alpha value is -1.75. The Bertz CT molecular complexity index is 470. The zero-order valence-electron chi connectivity index (χ0n) is 12.5. The minimum atomic E-state index is -0.0878. The lowest BCUT2D eigenvalue weighted by Gasteiger charge is -2.42. The highest BCUT2D eigenvalue weighted by atomic mass is 16.5. The summed E-state index contributed by atoms with van der Waals surface area (Å²) in [4.78, 5) is 15.6. The molecule has 0 spiro atoms. The van der Waals surface area contributed by atoms with Gasteiger partial charge in [-0.2, -0.15) is 0 Å². The SMILES string of the molecule is COc1cccc(OC2CN([C@@H](C)C(=O)N(C)C)C2)c1. The van der Waals surface area contributed by atoms with Crippen molar-refractivity contribution in [2.45, 2.75) is 19.1 Å². The fraction of sp³-hybridized carbons (Fsp3) is 0.533. The van der Waals surface area contributed by atoms with E-state index in [-0.39, 0.29) is 18.1 Å². The topological polar surface area (TPSA) is 42.0 Å². The number of benzene rings is 1. The Balaban J connectivity index is 1.83. The van der Waals surface area contributed by atoms with Gasteiger partial charge in [0.2, 0.25) is 5.91 Å². The third-order valence-corrected chi connectivity index (χ3v) is 3.57. The molecule has 0 bridgehead atoms. The van der Waals surface area contributed by atoms with Crippen molar-refractivity contribution in [1.29, 1.82) is 0 Å². The molecule has 1 fully saturated rings. The quantitative estimate of drug-likeness (QED) is 0.812. The summed E-state index contributed by atoms with van der Waals surface area (Å²) in [5.41, 5.74) is 0. The zero-order valence-corrected chi connectivity index (χ0v) is 12.5. The molecule has 0 aliphatic carbocycles. The van der Waals surface area contributed by atoms with Crippen LogP contribution in [0.3, 0.4) is 0 Å². The standard InChI is InChI=1S/C15H22N2O3/c1-11(15(18)16(2)3)17-9-14(10-17)20-13-7-5-6-12(8-13)19-4/h5-8,11,14H,9-10H2,1-4H3/t11-/m0/s1. The van der Waals surface area contributed by atoms with Crippen molar-refractivity contribution in [1.82, 2.24) is 9.80 Å². The lowest BCUT2D eigenvalue weighted by atomic mass is 10.1. The molecule has 1 amide bonds. The second-order valence-electron chi connectivity index (χ2n) is 5.28. The van der Waals surface area contributed by atoms with Crippen molar-refractivity contribution < 1.29 is 14.3 Å². The number of likely N-dealkylation sites (N-methyl/N-ethyl adjacent to an activating group) is 1. The molecule has 110 valence electrons. The molecule has 1 aliphatic rings. The van der Waals surface area contributed by atoms with Gasteiger partial charge in [0, 0.05) is 33.3 Å². The minimum Gasteiger partial charge on any atom is -0.497 e. The highest BCUT2D eigenvalue weighted by molar-refractivity contribution is 5.81. The number of methoxy groups -OCH3 is 1. The van der Waals surface area contributed by atoms with Crippen LogP contribution in [0.15, 0.2) is 24.3 Å². The van der Waals surface area contributed by atoms with E-state index >= 15 is 0 Å². The van der Waals surface area contributed by atoms with E-state index in [9.17, 15) is 4.79 Å². The van der Waals surface area contributed by atoms with Gasteiger partial charge in [-0.25, -0.2) is 0 Å². The Kier molecular flexibility index (Phi) is 4.49. The molecule has 5 nitrogen and oxygen atoms in total. The van der Waals surface area contributed by atoms with Crippen LogP contribution in [0.4, 0.5) is 0 Å². The van der Waals surface area contributed by atoms with Crippen LogP contribution in [0.2, 0.25) is 0 Å². The highest BCUT2D eigenvalue weighted by Crippen LogP contribution is 2.23. The number of rotatable bonds is 5. The Morgan fingerprint density at radius 3 is 2.60 bits per heavy atom. The van der Waals surface area contributed by atoms with Crippen LogP contribution >= 0.6 is 0 Å². The van der Waals surface area contributed by atoms with E-state index in [1.54, 1.807) is 26.1 Å². The molecule has 0 aromatic heterocycles. The fourth-order valence-electron chi connectivity index (χ4n) is 2.26. The van der Waals surface area contributed by atoms with E-state index in [0.29, 0.717) is 0 Å². The van der Waals surface area contributed by atoms with E-state index in [0.717, 1.165) is 24.6 Å². The molecule has 1 aromatic carbocycles. The number of amides is 1. The van der Waals surface area contributed by atoms with Crippen LogP contribution in [0.5, 0.6) is 11.5 Å². The molecule has 1 aromatic rings. The molecule has 5 heteroatoms. The van der Waals surface area contributed by atoms with Crippen LogP contribution in [-0.2, 0) is 4.79 Å². The maximum absolute atomic E-state index is 11.9. The third-order valence-electron chi connectivity index (χ3n) is 3.57. The maximum Gasteiger partial charge on any atom is 0.239 e. The zero-order chi connectivity index (χ0) is 14.7. The van der Waals surface area contributed by atoms with Crippen molar-refractivity contribution in [3.8, 4) is 11.5 Å². The van der Waals surface area contributed by atoms with Crippen molar-refractivity contribution in [3.63, 3.8) is 0 Å². The monoisotopic (exact) mass is 278 g/mol. The fourth-order valence-corrected chi connectivity index (χ4v) is 2.26. The molecule has 0 N–H and O–H groups in total. The van der Waals surface area contributed by atoms with Gasteiger partial charge in [0.25, 0.3) is 0 Å². The average molecular weight is 278 g/mol. The van der Waals surface area contributed by atoms with Crippen LogP contribution in [0.1, 0.15) is 6.92 Å². The highest BCUT2D eigenvalue weighted by Gasteiger charge is 2.35. The molecule has 0 unspecified atom stereocenters. The normalized spacial score (nSPS) is 17.2. The first-order chi connectivity index (χ1) is 9.51. The van der Waals surface area contributed by atoms with E-state index in [2.05, 4.69) is 4.90 Å². The van der Waals surface area contributed by atoms with E-state index in [1.165, 1.54) is 0 Å². The summed E-state index contributed by atoms with van der Waals surface area (Å²) in [5.74, 6) is 1.72. The first kappa shape index (κ1) is 14.7. The van der Waals surface area contributed by atoms with Gasteiger partial charge in [-0.15, -0.1) is 0 Å². The van der Waals surface area contributed by atoms with Gasteiger partial charge in [-0.3, -0.25) is 9.69 Å². The lowest BCUT2D eigenvalue weighted by Crippen LogP contribution is -2.60. The molecular formula is C15H22N2O3. The van der Waals surface area contributed by atoms with Crippen molar-refractivity contribution in [2.24, 2.45) is 0 Å². The number of carbonyl (C=O) groups is 1. The predicted molar refractivity (Wildman–Crippen MR) is 77.1 cm³/mol. The van der Waals surface area contributed by atoms with Crippen LogP contribution in [0.25, 0.3) is 0 Å². The second kappa shape index (κ2) is 6.13. The minimum absolute atomic E-state index is 0.0878. The van der Waals surface area contributed by atoms with Crippen molar-refractivity contribution >= 4 is 5.91 Å². The molecule has 0 radical (unpaired) electrons. The first-order valence-electron chi connectivity index (χ1n) is 6.77. The Labute approximate surface area is 120 Å². The average Bonchev–Trinajstić information content (AvgIpc) is 2.41. The molecule has 1 saturated heterocycles. The van der Waals surface area contributed by atoms with Crippen molar-refractivity contribution in [2.75, 3.05) is 34.3 Å². The van der Waals surface area contributed by atoms with E-state index < -0.39 is 0 Å². The summed E-state index contributed by atoms with van der Waals surface area (Å²) in [6, 6.07) is 7.49. The molecule has 20 heavy (non-hydrogen) atoms. The number of likely N-dealkylation sites (tertiary alicyclic amines) is 1. The number of hydrogen-bond donors (Lipinski definition) is 0. The number of carbonyl (C=O) groups excluding carboxylic acids is 1. The third kappa shape index (κ3) is 3.22. The molecule has 2 rings (SSSR count). The molecule has 1 atom stereocenters. The van der Waals surface area contributed by atoms with Crippen LogP contribution in [0, 0.1) is 0 Å². The van der Waals surface area contributed by atoms with Gasteiger partial charge in [0.15, 0.2) is 0 Å². The molecule has 0 saturated carbocycles. The van der Waals surface area contributed by atoms with E-state index in [4.69, 9.17) is 9.47 Å². The van der Waals surface area contributed by atoms with Gasteiger partial charge in [0.1, 0.15) is 17.6 Å². The summed E-state index contributed by atoms with van der Waals surface area (Å²) in [6.07, 6.45) is 0.138. The van der Waals surface area contributed by atoms with E-state index in [1.807, 2.05) is 31.2 Å². The van der Waals surface area contributed by atoms with Crippen LogP contribution < -0.4 is 9.47 Å². The largest absolute Gasteiger partial charge is 0.497 e. The van der Waals surface area contributed by atoms with Gasteiger partial charge in [-0.05, 0) is 19.1 Å². The molecule has 1 aliphatic heterocycles. The molecule has 1 heterocycles.